The van der Waals surface area contributed by atoms with Crippen LogP contribution in [0.1, 0.15) is 18.1 Å². The van der Waals surface area contributed by atoms with Crippen molar-refractivity contribution in [2.75, 3.05) is 16.8 Å². The predicted molar refractivity (Wildman–Crippen MR) is 102 cm³/mol. The highest BCUT2D eigenvalue weighted by molar-refractivity contribution is 6.30. The Bertz CT molecular complexity index is 838. The Morgan fingerprint density at radius 3 is 2.64 bits per heavy atom. The van der Waals surface area contributed by atoms with E-state index in [2.05, 4.69) is 44.5 Å². The number of hydrogen-bond acceptors (Lipinski definition) is 5. The van der Waals surface area contributed by atoms with E-state index in [9.17, 15) is 0 Å². The topological polar surface area (TPSA) is 53.9 Å². The molecular weight excluding hydrogens is 334 g/mol. The van der Waals surface area contributed by atoms with Gasteiger partial charge in [-0.2, -0.15) is 10.1 Å². The van der Waals surface area contributed by atoms with E-state index < -0.39 is 0 Å². The summed E-state index contributed by atoms with van der Waals surface area (Å²) >= 11 is 6.00. The highest BCUT2D eigenvalue weighted by Gasteiger charge is 2.10. The third-order valence-corrected chi connectivity index (χ3v) is 4.14. The Morgan fingerprint density at radius 1 is 1.12 bits per heavy atom. The van der Waals surface area contributed by atoms with Gasteiger partial charge in [-0.25, -0.2) is 0 Å². The van der Waals surface area contributed by atoms with E-state index in [4.69, 9.17) is 11.6 Å². The van der Waals surface area contributed by atoms with Crippen molar-refractivity contribution >= 4 is 29.1 Å². The van der Waals surface area contributed by atoms with Crippen LogP contribution < -0.4 is 10.2 Å². The molecule has 0 saturated carbocycles. The molecule has 3 rings (SSSR count). The summed E-state index contributed by atoms with van der Waals surface area (Å²) in [5, 5.41) is 12.1. The van der Waals surface area contributed by atoms with Crippen LogP contribution in [0.15, 0.2) is 54.7 Å². The van der Waals surface area contributed by atoms with Gasteiger partial charge in [0.05, 0.1) is 6.20 Å². The first-order valence-corrected chi connectivity index (χ1v) is 8.55. The molecule has 0 unspecified atom stereocenters. The number of hydrogen-bond donors (Lipinski definition) is 1. The van der Waals surface area contributed by atoms with E-state index in [1.165, 1.54) is 5.56 Å². The Morgan fingerprint density at radius 2 is 1.92 bits per heavy atom. The van der Waals surface area contributed by atoms with Crippen LogP contribution in [0.5, 0.6) is 0 Å². The summed E-state index contributed by atoms with van der Waals surface area (Å²) in [5.41, 5.74) is 3.17. The lowest BCUT2D eigenvalue weighted by Crippen LogP contribution is -2.23. The normalized spacial score (nSPS) is 10.5. The monoisotopic (exact) mass is 353 g/mol. The first-order chi connectivity index (χ1) is 12.2. The molecule has 128 valence electrons. The minimum absolute atomic E-state index is 0.467. The van der Waals surface area contributed by atoms with Gasteiger partial charge in [0.25, 0.3) is 0 Å². The molecule has 1 N–H and O–H groups in total. The summed E-state index contributed by atoms with van der Waals surface area (Å²) < 4.78 is 0. The summed E-state index contributed by atoms with van der Waals surface area (Å²) in [4.78, 5) is 6.76. The molecule has 0 atom stereocenters. The quantitative estimate of drug-likeness (QED) is 0.701. The lowest BCUT2D eigenvalue weighted by Gasteiger charge is -2.22. The van der Waals surface area contributed by atoms with E-state index in [1.807, 2.05) is 43.3 Å². The smallest absolute Gasteiger partial charge is 0.249 e. The number of aryl methyl sites for hydroxylation is 1. The van der Waals surface area contributed by atoms with Gasteiger partial charge in [-0.05, 0) is 43.2 Å². The fraction of sp³-hybridized carbons (Fsp3) is 0.211. The third kappa shape index (κ3) is 4.45. The zero-order valence-electron chi connectivity index (χ0n) is 14.3. The largest absolute Gasteiger partial charge is 0.351 e. The van der Waals surface area contributed by atoms with Crippen LogP contribution in [0.2, 0.25) is 5.02 Å². The van der Waals surface area contributed by atoms with E-state index in [0.717, 1.165) is 30.2 Å². The van der Waals surface area contributed by atoms with Crippen molar-refractivity contribution in [3.8, 4) is 0 Å². The molecule has 1 aromatic heterocycles. The molecule has 0 spiro atoms. The second-order valence-electron chi connectivity index (χ2n) is 5.72. The van der Waals surface area contributed by atoms with Gasteiger partial charge in [-0.3, -0.25) is 0 Å². The van der Waals surface area contributed by atoms with Crippen molar-refractivity contribution < 1.29 is 0 Å². The Hall–Kier alpha value is -2.66. The molecule has 0 aliphatic carbocycles. The minimum atomic E-state index is 0.467. The fourth-order valence-corrected chi connectivity index (χ4v) is 2.77. The maximum atomic E-state index is 6.00. The van der Waals surface area contributed by atoms with Crippen molar-refractivity contribution in [2.45, 2.75) is 20.4 Å². The first kappa shape index (κ1) is 17.2. The van der Waals surface area contributed by atoms with Gasteiger partial charge in [-0.15, -0.1) is 5.10 Å². The van der Waals surface area contributed by atoms with Crippen LogP contribution in [0.4, 0.5) is 17.5 Å². The second-order valence-corrected chi connectivity index (χ2v) is 6.16. The van der Waals surface area contributed by atoms with Crippen LogP contribution in [-0.4, -0.2) is 21.7 Å². The molecule has 6 heteroatoms. The number of halogens is 1. The number of nitrogens with one attached hydrogen (secondary N) is 1. The standard InChI is InChI=1S/C19H20ClN5/c1-3-25(13-15-7-5-4-6-8-15)18-12-21-24-19(23-18)22-17-10-9-16(20)11-14(17)2/h4-12H,3,13H2,1-2H3,(H,22,23,24). The molecular formula is C19H20ClN5. The first-order valence-electron chi connectivity index (χ1n) is 8.17. The molecule has 0 aliphatic heterocycles. The Kier molecular flexibility index (Phi) is 5.46. The highest BCUT2D eigenvalue weighted by atomic mass is 35.5. The van der Waals surface area contributed by atoms with Crippen molar-refractivity contribution in [3.63, 3.8) is 0 Å². The average molecular weight is 354 g/mol. The van der Waals surface area contributed by atoms with E-state index >= 15 is 0 Å². The number of aromatic nitrogens is 3. The van der Waals surface area contributed by atoms with Crippen molar-refractivity contribution in [1.29, 1.82) is 0 Å². The molecule has 0 amide bonds. The van der Waals surface area contributed by atoms with E-state index in [0.29, 0.717) is 11.0 Å². The number of rotatable bonds is 6. The van der Waals surface area contributed by atoms with Crippen LogP contribution in [0.25, 0.3) is 0 Å². The van der Waals surface area contributed by atoms with Gasteiger partial charge in [0.15, 0.2) is 5.82 Å². The van der Waals surface area contributed by atoms with Crippen molar-refractivity contribution in [1.82, 2.24) is 15.2 Å². The summed E-state index contributed by atoms with van der Waals surface area (Å²) in [6.45, 7) is 5.68. The second kappa shape index (κ2) is 7.94. The summed E-state index contributed by atoms with van der Waals surface area (Å²) in [7, 11) is 0. The molecule has 3 aromatic rings. The molecule has 0 saturated heterocycles. The van der Waals surface area contributed by atoms with Crippen LogP contribution in [0.3, 0.4) is 0 Å². The lowest BCUT2D eigenvalue weighted by molar-refractivity contribution is 0.798. The van der Waals surface area contributed by atoms with Crippen molar-refractivity contribution in [2.24, 2.45) is 0 Å². The molecule has 5 nitrogen and oxygen atoms in total. The SMILES string of the molecule is CCN(Cc1ccccc1)c1cnnc(Nc2ccc(Cl)cc2C)n1. The van der Waals surface area contributed by atoms with Gasteiger partial charge < -0.3 is 10.2 Å². The van der Waals surface area contributed by atoms with Crippen LogP contribution >= 0.6 is 11.6 Å². The van der Waals surface area contributed by atoms with E-state index in [1.54, 1.807) is 6.20 Å². The molecule has 0 bridgehead atoms. The summed E-state index contributed by atoms with van der Waals surface area (Å²) in [5.74, 6) is 1.25. The van der Waals surface area contributed by atoms with Gasteiger partial charge in [0.1, 0.15) is 0 Å². The predicted octanol–water partition coefficient (Wildman–Crippen LogP) is 4.60. The summed E-state index contributed by atoms with van der Waals surface area (Å²) in [6, 6.07) is 15.9. The molecule has 0 radical (unpaired) electrons. The van der Waals surface area contributed by atoms with Crippen molar-refractivity contribution in [3.05, 3.63) is 70.9 Å². The van der Waals surface area contributed by atoms with Crippen LogP contribution in [0, 0.1) is 6.92 Å². The van der Waals surface area contributed by atoms with Crippen LogP contribution in [-0.2, 0) is 6.54 Å². The molecule has 0 aliphatic rings. The average Bonchev–Trinajstić information content (AvgIpc) is 2.63. The number of nitrogens with zero attached hydrogens (tertiary/aromatic N) is 4. The Balaban J connectivity index is 1.80. The zero-order chi connectivity index (χ0) is 17.6. The fourth-order valence-electron chi connectivity index (χ4n) is 2.55. The molecule has 0 fully saturated rings. The Labute approximate surface area is 152 Å². The lowest BCUT2D eigenvalue weighted by atomic mass is 10.2. The van der Waals surface area contributed by atoms with Gasteiger partial charge in [0.2, 0.25) is 5.95 Å². The number of benzene rings is 2. The zero-order valence-corrected chi connectivity index (χ0v) is 15.0. The van der Waals surface area contributed by atoms with Gasteiger partial charge in [-0.1, -0.05) is 41.9 Å². The summed E-state index contributed by atoms with van der Waals surface area (Å²) in [6.07, 6.45) is 1.69. The maximum Gasteiger partial charge on any atom is 0.249 e. The minimum Gasteiger partial charge on any atom is -0.351 e. The molecule has 25 heavy (non-hydrogen) atoms. The van der Waals surface area contributed by atoms with Gasteiger partial charge in [0, 0.05) is 23.8 Å². The molecule has 2 aromatic carbocycles. The third-order valence-electron chi connectivity index (χ3n) is 3.90. The van der Waals surface area contributed by atoms with Gasteiger partial charge >= 0.3 is 0 Å². The molecule has 1 heterocycles. The highest BCUT2D eigenvalue weighted by Crippen LogP contribution is 2.23. The maximum absolute atomic E-state index is 6.00. The number of anilines is 3. The van der Waals surface area contributed by atoms with E-state index in [-0.39, 0.29) is 0 Å².